The molecule has 1 amide bonds. The third-order valence-corrected chi connectivity index (χ3v) is 5.59. The van der Waals surface area contributed by atoms with E-state index in [1.807, 2.05) is 20.8 Å². The fourth-order valence-electron chi connectivity index (χ4n) is 2.42. The lowest BCUT2D eigenvalue weighted by molar-refractivity contribution is 0.0930. The average Bonchev–Trinajstić information content (AvgIpc) is 2.60. The Kier molecular flexibility index (Phi) is 6.59. The summed E-state index contributed by atoms with van der Waals surface area (Å²) in [5, 5.41) is 2.90. The molecule has 0 saturated heterocycles. The third kappa shape index (κ3) is 5.53. The normalized spacial score (nSPS) is 12.7. The molecule has 7 heteroatoms. The van der Waals surface area contributed by atoms with Crippen molar-refractivity contribution < 1.29 is 17.6 Å². The molecule has 146 valence electrons. The Morgan fingerprint density at radius 3 is 2.19 bits per heavy atom. The predicted octanol–water partition coefficient (Wildman–Crippen LogP) is 3.57. The maximum absolute atomic E-state index is 13.9. The molecule has 0 saturated carbocycles. The average molecular weight is 392 g/mol. The van der Waals surface area contributed by atoms with Gasteiger partial charge in [0.2, 0.25) is 10.0 Å². The highest BCUT2D eigenvalue weighted by Crippen LogP contribution is 2.22. The lowest BCUT2D eigenvalue weighted by Gasteiger charge is -2.23. The van der Waals surface area contributed by atoms with Crippen LogP contribution in [-0.2, 0) is 16.6 Å². The largest absolute Gasteiger partial charge is 0.349 e. The molecule has 2 aromatic rings. The van der Waals surface area contributed by atoms with E-state index < -0.39 is 15.8 Å². The number of carbonyl (C=O) groups excluding carboxylic acids is 1. The highest BCUT2D eigenvalue weighted by molar-refractivity contribution is 7.92. The number of rotatable bonds is 7. The summed E-state index contributed by atoms with van der Waals surface area (Å²) in [4.78, 5) is 12.3. The molecule has 0 fully saturated rings. The second-order valence-electron chi connectivity index (χ2n) is 6.91. The summed E-state index contributed by atoms with van der Waals surface area (Å²) in [7, 11) is -3.63. The molecule has 0 aromatic heterocycles. The Morgan fingerprint density at radius 2 is 1.67 bits per heavy atom. The van der Waals surface area contributed by atoms with Gasteiger partial charge in [0, 0.05) is 17.2 Å². The molecule has 5 nitrogen and oxygen atoms in total. The molecule has 0 aliphatic rings. The van der Waals surface area contributed by atoms with Crippen molar-refractivity contribution in [1.29, 1.82) is 0 Å². The van der Waals surface area contributed by atoms with Crippen molar-refractivity contribution >= 4 is 21.6 Å². The van der Waals surface area contributed by atoms with Crippen molar-refractivity contribution in [3.05, 3.63) is 65.5 Å². The van der Waals surface area contributed by atoms with Gasteiger partial charge in [0.05, 0.1) is 18.5 Å². The maximum Gasteiger partial charge on any atom is 0.251 e. The zero-order valence-electron chi connectivity index (χ0n) is 15.9. The highest BCUT2D eigenvalue weighted by Gasteiger charge is 2.20. The van der Waals surface area contributed by atoms with E-state index in [9.17, 15) is 17.6 Å². The molecule has 1 N–H and O–H groups in total. The van der Waals surface area contributed by atoms with Gasteiger partial charge >= 0.3 is 0 Å². The van der Waals surface area contributed by atoms with E-state index in [2.05, 4.69) is 5.32 Å². The van der Waals surface area contributed by atoms with Crippen LogP contribution in [0.3, 0.4) is 0 Å². The molecule has 1 atom stereocenters. The molecular formula is C20H25FN2O3S. The van der Waals surface area contributed by atoms with E-state index in [0.29, 0.717) is 17.2 Å². The first-order valence-electron chi connectivity index (χ1n) is 8.71. The zero-order chi connectivity index (χ0) is 20.2. The summed E-state index contributed by atoms with van der Waals surface area (Å²) < 4.78 is 39.5. The smallest absolute Gasteiger partial charge is 0.251 e. The van der Waals surface area contributed by atoms with Gasteiger partial charge in [0.1, 0.15) is 5.82 Å². The Bertz CT molecular complexity index is 896. The minimum absolute atomic E-state index is 0.0192. The predicted molar refractivity (Wildman–Crippen MR) is 106 cm³/mol. The minimum Gasteiger partial charge on any atom is -0.349 e. The zero-order valence-corrected chi connectivity index (χ0v) is 16.8. The quantitative estimate of drug-likeness (QED) is 0.783. The van der Waals surface area contributed by atoms with Crippen molar-refractivity contribution in [2.75, 3.05) is 10.6 Å². The Labute approximate surface area is 160 Å². The van der Waals surface area contributed by atoms with Crippen LogP contribution < -0.4 is 9.62 Å². The van der Waals surface area contributed by atoms with E-state index in [0.717, 1.165) is 10.6 Å². The van der Waals surface area contributed by atoms with Crippen molar-refractivity contribution in [3.63, 3.8) is 0 Å². The van der Waals surface area contributed by atoms with Gasteiger partial charge in [0.25, 0.3) is 5.91 Å². The highest BCUT2D eigenvalue weighted by atomic mass is 32.2. The van der Waals surface area contributed by atoms with Crippen molar-refractivity contribution in [3.8, 4) is 0 Å². The molecule has 0 heterocycles. The van der Waals surface area contributed by atoms with Gasteiger partial charge in [-0.25, -0.2) is 12.8 Å². The van der Waals surface area contributed by atoms with Crippen LogP contribution in [0.4, 0.5) is 10.1 Å². The first kappa shape index (κ1) is 20.9. The molecular weight excluding hydrogens is 367 g/mol. The number of amides is 1. The Balaban J connectivity index is 2.25. The van der Waals surface area contributed by atoms with Gasteiger partial charge in [-0.1, -0.05) is 32.0 Å². The van der Waals surface area contributed by atoms with Crippen LogP contribution >= 0.6 is 0 Å². The molecule has 2 aromatic carbocycles. The first-order chi connectivity index (χ1) is 12.6. The van der Waals surface area contributed by atoms with Gasteiger partial charge in [0.15, 0.2) is 0 Å². The van der Waals surface area contributed by atoms with Gasteiger partial charge < -0.3 is 5.32 Å². The first-order valence-corrected chi connectivity index (χ1v) is 10.6. The van der Waals surface area contributed by atoms with E-state index in [4.69, 9.17) is 0 Å². The Hall–Kier alpha value is -2.41. The fraction of sp³-hybridized carbons (Fsp3) is 0.350. The number of nitrogens with one attached hydrogen (secondary N) is 1. The van der Waals surface area contributed by atoms with Crippen LogP contribution in [0.2, 0.25) is 0 Å². The maximum atomic E-state index is 13.9. The molecule has 27 heavy (non-hydrogen) atoms. The van der Waals surface area contributed by atoms with E-state index in [1.165, 1.54) is 6.07 Å². The van der Waals surface area contributed by atoms with Crippen LogP contribution in [0.1, 0.15) is 36.7 Å². The Morgan fingerprint density at radius 1 is 1.07 bits per heavy atom. The van der Waals surface area contributed by atoms with Crippen LogP contribution in [0.25, 0.3) is 0 Å². The number of benzene rings is 2. The van der Waals surface area contributed by atoms with Gasteiger partial charge in [-0.15, -0.1) is 0 Å². The standard InChI is InChI=1S/C20H25FN2O3S/c1-14(2)15(3)22-20(24)16-9-11-18(12-10-16)23(27(4,25)26)13-17-7-5-6-8-19(17)21/h5-12,14-15H,13H2,1-4H3,(H,22,24)/t15-/m0/s1. The van der Waals surface area contributed by atoms with Crippen LogP contribution in [-0.4, -0.2) is 26.6 Å². The summed E-state index contributed by atoms with van der Waals surface area (Å²) in [6, 6.07) is 12.3. The van der Waals surface area contributed by atoms with Crippen LogP contribution in [0.5, 0.6) is 0 Å². The molecule has 0 unspecified atom stereocenters. The van der Waals surface area contributed by atoms with E-state index in [-0.39, 0.29) is 24.1 Å². The number of anilines is 1. The van der Waals surface area contributed by atoms with Crippen molar-refractivity contribution in [2.24, 2.45) is 5.92 Å². The monoisotopic (exact) mass is 392 g/mol. The second kappa shape index (κ2) is 8.52. The van der Waals surface area contributed by atoms with Gasteiger partial charge in [-0.3, -0.25) is 9.10 Å². The summed E-state index contributed by atoms with van der Waals surface area (Å²) in [5.74, 6) is -0.387. The molecule has 0 spiro atoms. The number of nitrogens with zero attached hydrogens (tertiary/aromatic N) is 1. The van der Waals surface area contributed by atoms with Crippen LogP contribution in [0, 0.1) is 11.7 Å². The second-order valence-corrected chi connectivity index (χ2v) is 8.82. The van der Waals surface area contributed by atoms with E-state index >= 15 is 0 Å². The SMILES string of the molecule is CC(C)[C@H](C)NC(=O)c1ccc(N(Cc2ccccc2F)S(C)(=O)=O)cc1. The number of hydrogen-bond acceptors (Lipinski definition) is 3. The lowest BCUT2D eigenvalue weighted by atomic mass is 10.1. The number of halogens is 1. The summed E-state index contributed by atoms with van der Waals surface area (Å²) in [6.45, 7) is 5.83. The molecule has 0 bridgehead atoms. The van der Waals surface area contributed by atoms with E-state index in [1.54, 1.807) is 42.5 Å². The van der Waals surface area contributed by atoms with Gasteiger partial charge in [-0.05, 0) is 43.2 Å². The number of sulfonamides is 1. The third-order valence-electron chi connectivity index (χ3n) is 4.45. The topological polar surface area (TPSA) is 66.5 Å². The summed E-state index contributed by atoms with van der Waals surface area (Å²) in [5.41, 5.74) is 1.08. The summed E-state index contributed by atoms with van der Waals surface area (Å²) >= 11 is 0. The van der Waals surface area contributed by atoms with Crippen molar-refractivity contribution in [2.45, 2.75) is 33.4 Å². The lowest BCUT2D eigenvalue weighted by Crippen LogP contribution is -2.36. The van der Waals surface area contributed by atoms with Crippen molar-refractivity contribution in [1.82, 2.24) is 5.32 Å². The number of carbonyl (C=O) groups is 1. The molecule has 0 aliphatic heterocycles. The number of hydrogen-bond donors (Lipinski definition) is 1. The minimum atomic E-state index is -3.63. The molecule has 0 radical (unpaired) electrons. The fourth-order valence-corrected chi connectivity index (χ4v) is 3.30. The summed E-state index contributed by atoms with van der Waals surface area (Å²) in [6.07, 6.45) is 1.07. The van der Waals surface area contributed by atoms with Gasteiger partial charge in [-0.2, -0.15) is 0 Å². The molecule has 2 rings (SSSR count). The van der Waals surface area contributed by atoms with Crippen LogP contribution in [0.15, 0.2) is 48.5 Å². The molecule has 0 aliphatic carbocycles.